The van der Waals surface area contributed by atoms with Crippen LogP contribution in [0.4, 0.5) is 18.9 Å². The van der Waals surface area contributed by atoms with Gasteiger partial charge < -0.3 is 5.32 Å². The zero-order valence-electron chi connectivity index (χ0n) is 16.3. The van der Waals surface area contributed by atoms with Gasteiger partial charge in [-0.15, -0.1) is 0 Å². The molecule has 1 aromatic heterocycles. The third-order valence-corrected chi connectivity index (χ3v) is 5.79. The second kappa shape index (κ2) is 8.76. The molecule has 0 saturated carbocycles. The van der Waals surface area contributed by atoms with Gasteiger partial charge in [0.25, 0.3) is 15.9 Å². The third kappa shape index (κ3) is 5.60. The number of halogens is 3. The number of amides is 1. The molecule has 0 bridgehead atoms. The van der Waals surface area contributed by atoms with E-state index in [9.17, 15) is 26.4 Å². The Morgan fingerprint density at radius 3 is 2.39 bits per heavy atom. The van der Waals surface area contributed by atoms with Gasteiger partial charge in [-0.2, -0.15) is 13.2 Å². The van der Waals surface area contributed by atoms with Crippen molar-refractivity contribution in [3.05, 3.63) is 89.2 Å². The first-order valence-corrected chi connectivity index (χ1v) is 10.5. The summed E-state index contributed by atoms with van der Waals surface area (Å²) < 4.78 is 65.6. The lowest BCUT2D eigenvalue weighted by atomic mass is 10.1. The summed E-state index contributed by atoms with van der Waals surface area (Å²) in [5, 5.41) is 2.71. The summed E-state index contributed by atoms with van der Waals surface area (Å²) >= 11 is 0. The number of hydrogen-bond donors (Lipinski definition) is 2. The Bertz CT molecular complexity index is 1180. The van der Waals surface area contributed by atoms with E-state index < -0.39 is 27.7 Å². The first kappa shape index (κ1) is 22.3. The Morgan fingerprint density at radius 1 is 1.06 bits per heavy atom. The van der Waals surface area contributed by atoms with Gasteiger partial charge in [0.15, 0.2) is 0 Å². The van der Waals surface area contributed by atoms with Crippen LogP contribution >= 0.6 is 0 Å². The van der Waals surface area contributed by atoms with E-state index in [1.54, 1.807) is 43.6 Å². The highest BCUT2D eigenvalue weighted by Crippen LogP contribution is 2.30. The molecule has 1 heterocycles. The number of carbonyl (C=O) groups excluding carboxylic acids is 1. The van der Waals surface area contributed by atoms with E-state index in [1.165, 1.54) is 6.07 Å². The van der Waals surface area contributed by atoms with Crippen molar-refractivity contribution in [2.45, 2.75) is 24.5 Å². The van der Waals surface area contributed by atoms with Crippen LogP contribution in [0.5, 0.6) is 0 Å². The second-order valence-electron chi connectivity index (χ2n) is 6.70. The van der Waals surface area contributed by atoms with Gasteiger partial charge in [-0.1, -0.05) is 12.1 Å². The van der Waals surface area contributed by atoms with E-state index >= 15 is 0 Å². The highest BCUT2D eigenvalue weighted by Gasteiger charge is 2.30. The largest absolute Gasteiger partial charge is 0.416 e. The number of nitrogens with one attached hydrogen (secondary N) is 2. The maximum atomic E-state index is 12.7. The summed E-state index contributed by atoms with van der Waals surface area (Å²) in [4.78, 5) is 16.1. The average Bonchev–Trinajstić information content (AvgIpc) is 2.73. The molecule has 3 rings (SSSR count). The van der Waals surface area contributed by atoms with E-state index in [2.05, 4.69) is 15.0 Å². The van der Waals surface area contributed by atoms with E-state index in [0.717, 1.165) is 17.7 Å². The Kier molecular flexibility index (Phi) is 6.30. The summed E-state index contributed by atoms with van der Waals surface area (Å²) in [7, 11) is -4.15. The Hall–Kier alpha value is -3.40. The molecular formula is C21H18F3N3O3S. The van der Waals surface area contributed by atoms with Gasteiger partial charge in [0.05, 0.1) is 16.1 Å². The Morgan fingerprint density at radius 2 is 1.77 bits per heavy atom. The molecule has 162 valence electrons. The van der Waals surface area contributed by atoms with Crippen molar-refractivity contribution in [2.24, 2.45) is 0 Å². The zero-order valence-corrected chi connectivity index (χ0v) is 17.1. The smallest absolute Gasteiger partial charge is 0.348 e. The lowest BCUT2D eigenvalue weighted by Gasteiger charge is -2.13. The molecule has 0 aliphatic carbocycles. The monoisotopic (exact) mass is 449 g/mol. The van der Waals surface area contributed by atoms with Crippen LogP contribution in [0.25, 0.3) is 0 Å². The minimum Gasteiger partial charge on any atom is -0.348 e. The van der Waals surface area contributed by atoms with E-state index in [-0.39, 0.29) is 22.7 Å². The Balaban J connectivity index is 1.77. The van der Waals surface area contributed by atoms with Crippen molar-refractivity contribution in [1.82, 2.24) is 10.3 Å². The molecule has 1 amide bonds. The fourth-order valence-electron chi connectivity index (χ4n) is 2.69. The van der Waals surface area contributed by atoms with E-state index in [1.807, 2.05) is 0 Å². The van der Waals surface area contributed by atoms with Crippen molar-refractivity contribution in [1.29, 1.82) is 0 Å². The maximum Gasteiger partial charge on any atom is 0.416 e. The van der Waals surface area contributed by atoms with Crippen LogP contribution in [-0.2, 0) is 22.7 Å². The van der Waals surface area contributed by atoms with Gasteiger partial charge in [0.1, 0.15) is 0 Å². The van der Waals surface area contributed by atoms with E-state index in [0.29, 0.717) is 17.7 Å². The number of anilines is 1. The molecule has 2 aromatic carbocycles. The molecule has 0 spiro atoms. The summed E-state index contributed by atoms with van der Waals surface area (Å²) in [5.41, 5.74) is 0.758. The SMILES string of the molecule is Cc1ccc(C(=O)NCc2cccnc2)cc1NS(=O)(=O)c1ccc(C(F)(F)F)cc1. The number of sulfonamides is 1. The number of pyridine rings is 1. The summed E-state index contributed by atoms with van der Waals surface area (Å²) in [6.45, 7) is 1.88. The van der Waals surface area contributed by atoms with Crippen molar-refractivity contribution in [3.63, 3.8) is 0 Å². The first-order valence-electron chi connectivity index (χ1n) is 9.04. The number of alkyl halides is 3. The van der Waals surface area contributed by atoms with Crippen LogP contribution in [0, 0.1) is 6.92 Å². The molecule has 0 aliphatic rings. The van der Waals surface area contributed by atoms with Gasteiger partial charge >= 0.3 is 6.18 Å². The van der Waals surface area contributed by atoms with Gasteiger partial charge in [0, 0.05) is 24.5 Å². The van der Waals surface area contributed by atoms with Crippen molar-refractivity contribution < 1.29 is 26.4 Å². The number of benzene rings is 2. The van der Waals surface area contributed by atoms with Crippen LogP contribution in [0.3, 0.4) is 0 Å². The fraction of sp³-hybridized carbons (Fsp3) is 0.143. The number of nitrogens with zero attached hydrogens (tertiary/aromatic N) is 1. The minimum absolute atomic E-state index is 0.147. The number of aromatic nitrogens is 1. The molecule has 0 fully saturated rings. The summed E-state index contributed by atoms with van der Waals surface area (Å²) in [6, 6.07) is 11.2. The topological polar surface area (TPSA) is 88.2 Å². The second-order valence-corrected chi connectivity index (χ2v) is 8.38. The molecule has 6 nitrogen and oxygen atoms in total. The fourth-order valence-corrected chi connectivity index (χ4v) is 3.81. The molecule has 2 N–H and O–H groups in total. The van der Waals surface area contributed by atoms with Crippen LogP contribution in [0.2, 0.25) is 0 Å². The molecule has 3 aromatic rings. The highest BCUT2D eigenvalue weighted by atomic mass is 32.2. The lowest BCUT2D eigenvalue weighted by molar-refractivity contribution is -0.137. The van der Waals surface area contributed by atoms with Gasteiger partial charge in [-0.3, -0.25) is 14.5 Å². The van der Waals surface area contributed by atoms with Gasteiger partial charge in [-0.05, 0) is 60.5 Å². The van der Waals surface area contributed by atoms with Gasteiger partial charge in [-0.25, -0.2) is 8.42 Å². The highest BCUT2D eigenvalue weighted by molar-refractivity contribution is 7.92. The maximum absolute atomic E-state index is 12.7. The zero-order chi connectivity index (χ0) is 22.6. The molecule has 0 radical (unpaired) electrons. The molecule has 10 heteroatoms. The van der Waals surface area contributed by atoms with Crippen molar-refractivity contribution in [2.75, 3.05) is 4.72 Å². The first-order chi connectivity index (χ1) is 14.6. The molecule has 0 aliphatic heterocycles. The van der Waals surface area contributed by atoms with Crippen LogP contribution in [0.15, 0.2) is 71.9 Å². The predicted octanol–water partition coefficient (Wildman–Crippen LogP) is 4.14. The van der Waals surface area contributed by atoms with Crippen LogP contribution < -0.4 is 10.0 Å². The van der Waals surface area contributed by atoms with Gasteiger partial charge in [0.2, 0.25) is 0 Å². The van der Waals surface area contributed by atoms with Crippen molar-refractivity contribution >= 4 is 21.6 Å². The van der Waals surface area contributed by atoms with Crippen LogP contribution in [-0.4, -0.2) is 19.3 Å². The van der Waals surface area contributed by atoms with E-state index in [4.69, 9.17) is 0 Å². The number of rotatable bonds is 6. The quantitative estimate of drug-likeness (QED) is 0.592. The molecular weight excluding hydrogens is 431 g/mol. The minimum atomic E-state index is -4.57. The third-order valence-electron chi connectivity index (χ3n) is 4.41. The standard InChI is InChI=1S/C21H18F3N3O3S/c1-14-4-5-16(20(28)26-13-15-3-2-10-25-12-15)11-19(14)27-31(29,30)18-8-6-17(7-9-18)21(22,23)24/h2-12,27H,13H2,1H3,(H,26,28). The molecule has 0 unspecified atom stereocenters. The normalized spacial score (nSPS) is 11.7. The number of aryl methyl sites for hydroxylation is 1. The van der Waals surface area contributed by atoms with Crippen LogP contribution in [0.1, 0.15) is 27.0 Å². The Labute approximate surface area is 177 Å². The number of hydrogen-bond acceptors (Lipinski definition) is 4. The summed E-state index contributed by atoms with van der Waals surface area (Å²) in [5.74, 6) is -0.418. The predicted molar refractivity (Wildman–Crippen MR) is 109 cm³/mol. The molecule has 31 heavy (non-hydrogen) atoms. The van der Waals surface area contributed by atoms with Crippen molar-refractivity contribution in [3.8, 4) is 0 Å². The lowest BCUT2D eigenvalue weighted by Crippen LogP contribution is -2.23. The average molecular weight is 449 g/mol. The number of carbonyl (C=O) groups is 1. The molecule has 0 atom stereocenters. The molecule has 0 saturated heterocycles. The summed E-state index contributed by atoms with van der Waals surface area (Å²) in [6.07, 6.45) is -1.34.